The normalized spacial score (nSPS) is 12.1. The molecule has 130 valence electrons. The van der Waals surface area contributed by atoms with Crippen LogP contribution in [-0.2, 0) is 11.3 Å². The van der Waals surface area contributed by atoms with Crippen LogP contribution in [0.2, 0.25) is 0 Å². The van der Waals surface area contributed by atoms with E-state index in [1.165, 1.54) is 11.1 Å². The van der Waals surface area contributed by atoms with Gasteiger partial charge in [0.1, 0.15) is 5.60 Å². The minimum absolute atomic E-state index is 0.124. The molecule has 4 heteroatoms. The van der Waals surface area contributed by atoms with E-state index in [1.807, 2.05) is 20.8 Å². The molecule has 1 aromatic rings. The summed E-state index contributed by atoms with van der Waals surface area (Å²) in [6.45, 7) is 13.3. The Labute approximate surface area is 141 Å². The lowest BCUT2D eigenvalue weighted by Crippen LogP contribution is -2.53. The summed E-state index contributed by atoms with van der Waals surface area (Å²) in [5, 5.41) is 6.53. The molecule has 23 heavy (non-hydrogen) atoms. The Morgan fingerprint density at radius 1 is 1.17 bits per heavy atom. The summed E-state index contributed by atoms with van der Waals surface area (Å²) in [5.74, 6) is 0. The van der Waals surface area contributed by atoms with Crippen LogP contribution in [0.3, 0.4) is 0 Å². The molecule has 0 spiro atoms. The molecule has 0 unspecified atom stereocenters. The number of carbonyl (C=O) groups excluding carboxylic acids is 1. The lowest BCUT2D eigenvalue weighted by atomic mass is 9.92. The summed E-state index contributed by atoms with van der Waals surface area (Å²) in [4.78, 5) is 11.9. The molecule has 0 bridgehead atoms. The fourth-order valence-electron chi connectivity index (χ4n) is 2.48. The molecule has 4 nitrogen and oxygen atoms in total. The highest BCUT2D eigenvalue weighted by molar-refractivity contribution is 5.67. The molecule has 0 atom stereocenters. The second-order valence-electron chi connectivity index (χ2n) is 7.19. The van der Waals surface area contributed by atoms with Gasteiger partial charge in [-0.2, -0.15) is 0 Å². The quantitative estimate of drug-likeness (QED) is 0.793. The van der Waals surface area contributed by atoms with Gasteiger partial charge in [0, 0.05) is 18.6 Å². The van der Waals surface area contributed by atoms with Crippen LogP contribution in [0.4, 0.5) is 4.79 Å². The van der Waals surface area contributed by atoms with Crippen molar-refractivity contribution in [2.45, 2.75) is 72.1 Å². The summed E-state index contributed by atoms with van der Waals surface area (Å²) in [6, 6.07) is 8.48. The molecule has 0 fully saturated rings. The zero-order valence-electron chi connectivity index (χ0n) is 15.5. The Kier molecular flexibility index (Phi) is 7.07. The molecule has 0 aliphatic carbocycles. The number of amides is 1. The highest BCUT2D eigenvalue weighted by Crippen LogP contribution is 2.16. The summed E-state index contributed by atoms with van der Waals surface area (Å²) in [7, 11) is 0. The first-order valence-electron chi connectivity index (χ1n) is 8.47. The van der Waals surface area contributed by atoms with Crippen LogP contribution in [0.25, 0.3) is 0 Å². The molecule has 1 rings (SSSR count). The maximum Gasteiger partial charge on any atom is 0.407 e. The van der Waals surface area contributed by atoms with E-state index in [1.54, 1.807) is 0 Å². The van der Waals surface area contributed by atoms with Crippen molar-refractivity contribution in [3.8, 4) is 0 Å². The summed E-state index contributed by atoms with van der Waals surface area (Å²) >= 11 is 0. The van der Waals surface area contributed by atoms with Crippen molar-refractivity contribution in [2.24, 2.45) is 0 Å². The molecule has 1 aromatic carbocycles. The molecule has 0 aliphatic rings. The fourth-order valence-corrected chi connectivity index (χ4v) is 2.48. The number of carbonyl (C=O) groups is 1. The molecule has 0 aromatic heterocycles. The summed E-state index contributed by atoms with van der Waals surface area (Å²) < 4.78 is 5.32. The second kappa shape index (κ2) is 8.34. The predicted molar refractivity (Wildman–Crippen MR) is 95.6 cm³/mol. The van der Waals surface area contributed by atoms with Crippen LogP contribution >= 0.6 is 0 Å². The number of benzene rings is 1. The van der Waals surface area contributed by atoms with Crippen LogP contribution in [-0.4, -0.2) is 23.8 Å². The molecular weight excluding hydrogens is 288 g/mol. The molecule has 2 N–H and O–H groups in total. The highest BCUT2D eigenvalue weighted by atomic mass is 16.6. The first kappa shape index (κ1) is 19.5. The average Bonchev–Trinajstić information content (AvgIpc) is 2.46. The van der Waals surface area contributed by atoms with Crippen molar-refractivity contribution in [1.29, 1.82) is 0 Å². The topological polar surface area (TPSA) is 50.4 Å². The number of hydrogen-bond acceptors (Lipinski definition) is 3. The third kappa shape index (κ3) is 7.04. The number of hydrogen-bond donors (Lipinski definition) is 2. The van der Waals surface area contributed by atoms with Crippen LogP contribution in [0.1, 0.15) is 58.6 Å². The van der Waals surface area contributed by atoms with Gasteiger partial charge >= 0.3 is 6.09 Å². The van der Waals surface area contributed by atoms with Gasteiger partial charge in [-0.05, 0) is 46.1 Å². The Balaban J connectivity index is 2.62. The predicted octanol–water partition coefficient (Wildman–Crippen LogP) is 4.17. The average molecular weight is 320 g/mol. The van der Waals surface area contributed by atoms with E-state index in [4.69, 9.17) is 4.74 Å². The van der Waals surface area contributed by atoms with E-state index in [2.05, 4.69) is 55.7 Å². The van der Waals surface area contributed by atoms with E-state index in [-0.39, 0.29) is 11.6 Å². The molecule has 0 saturated carbocycles. The molecular formula is C19H32N2O2. The Morgan fingerprint density at radius 3 is 2.35 bits per heavy atom. The Bertz CT molecular complexity index is 502. The van der Waals surface area contributed by atoms with Gasteiger partial charge in [-0.25, -0.2) is 4.79 Å². The van der Waals surface area contributed by atoms with E-state index >= 15 is 0 Å². The van der Waals surface area contributed by atoms with E-state index in [9.17, 15) is 4.79 Å². The highest BCUT2D eigenvalue weighted by Gasteiger charge is 2.27. The van der Waals surface area contributed by atoms with Crippen LogP contribution in [0.15, 0.2) is 24.3 Å². The standard InChI is InChI=1S/C19H32N2O2/c1-7-19(8-2,14-20-17(22)23-18(4,5)6)21-13-16-11-9-10-15(3)12-16/h9-12,21H,7-8,13-14H2,1-6H3,(H,20,22). The van der Waals surface area contributed by atoms with Gasteiger partial charge in [0.2, 0.25) is 0 Å². The monoisotopic (exact) mass is 320 g/mol. The Hall–Kier alpha value is -1.55. The van der Waals surface area contributed by atoms with Crippen LogP contribution < -0.4 is 10.6 Å². The molecule has 1 amide bonds. The van der Waals surface area contributed by atoms with Crippen molar-refractivity contribution in [1.82, 2.24) is 10.6 Å². The van der Waals surface area contributed by atoms with Gasteiger partial charge in [-0.1, -0.05) is 43.7 Å². The van der Waals surface area contributed by atoms with Crippen molar-refractivity contribution in [3.05, 3.63) is 35.4 Å². The fraction of sp³-hybridized carbons (Fsp3) is 0.632. The summed E-state index contributed by atoms with van der Waals surface area (Å²) in [6.07, 6.45) is 1.51. The first-order valence-corrected chi connectivity index (χ1v) is 8.47. The third-order valence-electron chi connectivity index (χ3n) is 4.07. The van der Waals surface area contributed by atoms with Gasteiger partial charge < -0.3 is 15.4 Å². The van der Waals surface area contributed by atoms with Crippen molar-refractivity contribution >= 4 is 6.09 Å². The number of rotatable bonds is 7. The van der Waals surface area contributed by atoms with Gasteiger partial charge in [-0.15, -0.1) is 0 Å². The zero-order valence-corrected chi connectivity index (χ0v) is 15.5. The second-order valence-corrected chi connectivity index (χ2v) is 7.19. The molecule has 0 aliphatic heterocycles. The van der Waals surface area contributed by atoms with Crippen molar-refractivity contribution in [2.75, 3.05) is 6.54 Å². The maximum atomic E-state index is 11.9. The van der Waals surface area contributed by atoms with Gasteiger partial charge in [-0.3, -0.25) is 0 Å². The lowest BCUT2D eigenvalue weighted by Gasteiger charge is -2.34. The zero-order chi connectivity index (χ0) is 17.5. The number of nitrogens with one attached hydrogen (secondary N) is 2. The van der Waals surface area contributed by atoms with Gasteiger partial charge in [0.15, 0.2) is 0 Å². The lowest BCUT2D eigenvalue weighted by molar-refractivity contribution is 0.0507. The number of alkyl carbamates (subject to hydrolysis) is 1. The first-order chi connectivity index (χ1) is 10.7. The van der Waals surface area contributed by atoms with Crippen molar-refractivity contribution in [3.63, 3.8) is 0 Å². The van der Waals surface area contributed by atoms with E-state index < -0.39 is 5.60 Å². The number of aryl methyl sites for hydroxylation is 1. The Morgan fingerprint density at radius 2 is 1.83 bits per heavy atom. The van der Waals surface area contributed by atoms with Gasteiger partial charge in [0.25, 0.3) is 0 Å². The third-order valence-corrected chi connectivity index (χ3v) is 4.07. The maximum absolute atomic E-state index is 11.9. The molecule has 0 heterocycles. The SMILES string of the molecule is CCC(CC)(CNC(=O)OC(C)(C)C)NCc1cccc(C)c1. The minimum atomic E-state index is -0.472. The largest absolute Gasteiger partial charge is 0.444 e. The van der Waals surface area contributed by atoms with Crippen LogP contribution in [0, 0.1) is 6.92 Å². The van der Waals surface area contributed by atoms with Crippen molar-refractivity contribution < 1.29 is 9.53 Å². The minimum Gasteiger partial charge on any atom is -0.444 e. The smallest absolute Gasteiger partial charge is 0.407 e. The van der Waals surface area contributed by atoms with Gasteiger partial charge in [0.05, 0.1) is 0 Å². The summed E-state index contributed by atoms with van der Waals surface area (Å²) in [5.41, 5.74) is 1.92. The number of ether oxygens (including phenoxy) is 1. The van der Waals surface area contributed by atoms with E-state index in [0.29, 0.717) is 6.54 Å². The molecule has 0 saturated heterocycles. The van der Waals surface area contributed by atoms with E-state index in [0.717, 1.165) is 19.4 Å². The van der Waals surface area contributed by atoms with Crippen LogP contribution in [0.5, 0.6) is 0 Å². The molecule has 0 radical (unpaired) electrons.